The van der Waals surface area contributed by atoms with Crippen LogP contribution in [0, 0.1) is 0 Å². The summed E-state index contributed by atoms with van der Waals surface area (Å²) in [5, 5.41) is 13.5. The second kappa shape index (κ2) is 9.86. The van der Waals surface area contributed by atoms with Gasteiger partial charge in [0, 0.05) is 16.3 Å². The van der Waals surface area contributed by atoms with Gasteiger partial charge in [0.15, 0.2) is 6.23 Å². The van der Waals surface area contributed by atoms with E-state index in [1.807, 2.05) is 19.1 Å². The van der Waals surface area contributed by atoms with Gasteiger partial charge in [-0.15, -0.1) is 0 Å². The third-order valence-corrected chi connectivity index (χ3v) is 2.62. The molecule has 4 N–H and O–H groups in total. The summed E-state index contributed by atoms with van der Waals surface area (Å²) in [6, 6.07) is 0. The van der Waals surface area contributed by atoms with E-state index in [-0.39, 0.29) is 0 Å². The zero-order valence-electron chi connectivity index (χ0n) is 12.6. The quantitative estimate of drug-likeness (QED) is 0.474. The molecule has 0 heterocycles. The van der Waals surface area contributed by atoms with Crippen molar-refractivity contribution in [2.75, 3.05) is 0 Å². The fourth-order valence-corrected chi connectivity index (χ4v) is 1.50. The third-order valence-electron chi connectivity index (χ3n) is 2.49. The van der Waals surface area contributed by atoms with Crippen molar-refractivity contribution >= 4 is 11.6 Å². The molecule has 1 unspecified atom stereocenters. The van der Waals surface area contributed by atoms with Crippen LogP contribution in [-0.4, -0.2) is 11.3 Å². The van der Waals surface area contributed by atoms with Crippen LogP contribution in [0.15, 0.2) is 83.8 Å². The number of hydrogen-bond acceptors (Lipinski definition) is 3. The van der Waals surface area contributed by atoms with E-state index >= 15 is 0 Å². The van der Waals surface area contributed by atoms with Crippen molar-refractivity contribution in [3.63, 3.8) is 0 Å². The SMILES string of the molecule is C=C/C=C(\C=C/C)C(=C)C(O)NC(/C=C\C(=C)Cl)=C(\C)N. The number of halogens is 1. The highest BCUT2D eigenvalue weighted by atomic mass is 35.5. The monoisotopic (exact) mass is 306 g/mol. The Morgan fingerprint density at radius 1 is 1.29 bits per heavy atom. The number of nitrogens with two attached hydrogens (primary N) is 1. The lowest BCUT2D eigenvalue weighted by Gasteiger charge is -2.19. The second-order valence-corrected chi connectivity index (χ2v) is 4.79. The van der Waals surface area contributed by atoms with E-state index in [2.05, 4.69) is 25.1 Å². The number of hydrogen-bond donors (Lipinski definition) is 3. The topological polar surface area (TPSA) is 58.3 Å². The van der Waals surface area contributed by atoms with Gasteiger partial charge in [0.2, 0.25) is 0 Å². The molecule has 0 aromatic carbocycles. The Labute approximate surface area is 132 Å². The van der Waals surface area contributed by atoms with Crippen molar-refractivity contribution < 1.29 is 5.11 Å². The van der Waals surface area contributed by atoms with Crippen LogP contribution < -0.4 is 11.1 Å². The lowest BCUT2D eigenvalue weighted by molar-refractivity contribution is 0.189. The van der Waals surface area contributed by atoms with Gasteiger partial charge in [0.25, 0.3) is 0 Å². The maximum atomic E-state index is 10.2. The zero-order chi connectivity index (χ0) is 16.4. The molecule has 0 aliphatic rings. The van der Waals surface area contributed by atoms with Gasteiger partial charge in [0.1, 0.15) is 0 Å². The normalized spacial score (nSPS) is 15.0. The summed E-state index contributed by atoms with van der Waals surface area (Å²) in [7, 11) is 0. The molecular formula is C17H23ClN2O. The van der Waals surface area contributed by atoms with E-state index in [0.29, 0.717) is 22.0 Å². The Morgan fingerprint density at radius 3 is 2.33 bits per heavy atom. The standard InChI is InChI=1S/C17H23ClN2O/c1-6-8-15(9-7-2)13(4)17(21)20-16(14(5)19)11-10-12(3)18/h6-11,17,20-21H,1,3-4,19H2,2,5H3/b9-7-,11-10-,15-8+,16-14+. The molecule has 0 aliphatic carbocycles. The van der Waals surface area contributed by atoms with Crippen LogP contribution in [0.4, 0.5) is 0 Å². The summed E-state index contributed by atoms with van der Waals surface area (Å²) in [6.07, 6.45) is 9.34. The number of nitrogens with one attached hydrogen (secondary N) is 1. The Balaban J connectivity index is 5.16. The Kier molecular flexibility index (Phi) is 8.93. The summed E-state index contributed by atoms with van der Waals surface area (Å²) >= 11 is 5.68. The van der Waals surface area contributed by atoms with Gasteiger partial charge in [0.05, 0.1) is 5.70 Å². The number of allylic oxidation sites excluding steroid dienone is 8. The van der Waals surface area contributed by atoms with Crippen LogP contribution in [0.5, 0.6) is 0 Å². The Bertz CT molecular complexity index is 521. The van der Waals surface area contributed by atoms with Crippen molar-refractivity contribution in [2.45, 2.75) is 20.1 Å². The molecule has 0 radical (unpaired) electrons. The van der Waals surface area contributed by atoms with Crippen molar-refractivity contribution in [3.8, 4) is 0 Å². The fourth-order valence-electron chi connectivity index (χ4n) is 1.44. The molecule has 3 nitrogen and oxygen atoms in total. The van der Waals surface area contributed by atoms with Crippen molar-refractivity contribution in [3.05, 3.63) is 83.8 Å². The molecule has 0 spiro atoms. The lowest BCUT2D eigenvalue weighted by atomic mass is 10.0. The minimum absolute atomic E-state index is 0.366. The first-order valence-corrected chi connectivity index (χ1v) is 6.79. The smallest absolute Gasteiger partial charge is 0.150 e. The minimum Gasteiger partial charge on any atom is -0.401 e. The van der Waals surface area contributed by atoms with Gasteiger partial charge >= 0.3 is 0 Å². The van der Waals surface area contributed by atoms with Gasteiger partial charge < -0.3 is 16.2 Å². The van der Waals surface area contributed by atoms with Crippen molar-refractivity contribution in [1.82, 2.24) is 5.32 Å². The Hall–Kier alpha value is -1.97. The molecule has 0 saturated heterocycles. The summed E-state index contributed by atoms with van der Waals surface area (Å²) in [6.45, 7) is 14.7. The van der Waals surface area contributed by atoms with Crippen LogP contribution in [0.25, 0.3) is 0 Å². The molecule has 0 rings (SSSR count). The molecule has 0 aromatic rings. The van der Waals surface area contributed by atoms with Crippen LogP contribution in [0.1, 0.15) is 13.8 Å². The molecule has 0 aromatic heterocycles. The van der Waals surface area contributed by atoms with Gasteiger partial charge in [-0.25, -0.2) is 0 Å². The second-order valence-electron chi connectivity index (χ2n) is 4.31. The van der Waals surface area contributed by atoms with Crippen molar-refractivity contribution in [1.29, 1.82) is 0 Å². The van der Waals surface area contributed by atoms with Gasteiger partial charge in [-0.1, -0.05) is 55.6 Å². The molecular weight excluding hydrogens is 284 g/mol. The van der Waals surface area contributed by atoms with Crippen LogP contribution in [0.2, 0.25) is 0 Å². The van der Waals surface area contributed by atoms with E-state index in [9.17, 15) is 5.11 Å². The lowest BCUT2D eigenvalue weighted by Crippen LogP contribution is -2.31. The summed E-state index contributed by atoms with van der Waals surface area (Å²) in [4.78, 5) is 0. The molecule has 114 valence electrons. The van der Waals surface area contributed by atoms with Crippen molar-refractivity contribution in [2.24, 2.45) is 5.73 Å². The molecule has 0 amide bonds. The summed E-state index contributed by atoms with van der Waals surface area (Å²) in [5.41, 5.74) is 8.10. The van der Waals surface area contributed by atoms with Crippen LogP contribution >= 0.6 is 11.6 Å². The first-order chi connectivity index (χ1) is 9.83. The highest BCUT2D eigenvalue weighted by molar-refractivity contribution is 6.30. The number of rotatable bonds is 8. The van der Waals surface area contributed by atoms with Crippen LogP contribution in [-0.2, 0) is 0 Å². The highest BCUT2D eigenvalue weighted by Crippen LogP contribution is 2.15. The maximum absolute atomic E-state index is 10.2. The maximum Gasteiger partial charge on any atom is 0.150 e. The molecule has 4 heteroatoms. The molecule has 1 atom stereocenters. The largest absolute Gasteiger partial charge is 0.401 e. The van der Waals surface area contributed by atoms with E-state index < -0.39 is 6.23 Å². The van der Waals surface area contributed by atoms with Gasteiger partial charge in [-0.2, -0.15) is 0 Å². The first-order valence-electron chi connectivity index (χ1n) is 6.41. The van der Waals surface area contributed by atoms with E-state index in [1.54, 1.807) is 31.2 Å². The average Bonchev–Trinajstić information content (AvgIpc) is 2.41. The minimum atomic E-state index is -0.992. The summed E-state index contributed by atoms with van der Waals surface area (Å²) < 4.78 is 0. The molecule has 0 bridgehead atoms. The number of aliphatic hydroxyl groups excluding tert-OH is 1. The third kappa shape index (κ3) is 7.40. The van der Waals surface area contributed by atoms with E-state index in [4.69, 9.17) is 17.3 Å². The predicted molar refractivity (Wildman–Crippen MR) is 92.4 cm³/mol. The predicted octanol–water partition coefficient (Wildman–Crippen LogP) is 3.64. The Morgan fingerprint density at radius 2 is 1.90 bits per heavy atom. The van der Waals surface area contributed by atoms with Gasteiger partial charge in [-0.3, -0.25) is 0 Å². The molecule has 0 fully saturated rings. The van der Waals surface area contributed by atoms with E-state index in [0.717, 1.165) is 5.57 Å². The molecule has 0 aliphatic heterocycles. The molecule has 0 saturated carbocycles. The van der Waals surface area contributed by atoms with Crippen LogP contribution in [0.3, 0.4) is 0 Å². The number of aliphatic hydroxyl groups is 1. The van der Waals surface area contributed by atoms with Gasteiger partial charge in [-0.05, 0) is 31.6 Å². The highest BCUT2D eigenvalue weighted by Gasteiger charge is 2.12. The summed E-state index contributed by atoms with van der Waals surface area (Å²) in [5.74, 6) is 0. The molecule has 21 heavy (non-hydrogen) atoms. The average molecular weight is 307 g/mol. The zero-order valence-corrected chi connectivity index (χ0v) is 13.3. The first kappa shape index (κ1) is 19.0. The van der Waals surface area contributed by atoms with E-state index in [1.165, 1.54) is 0 Å². The fraction of sp³-hybridized carbons (Fsp3) is 0.176.